The highest BCUT2D eigenvalue weighted by Crippen LogP contribution is 2.37. The van der Waals surface area contributed by atoms with Crippen LogP contribution in [0.1, 0.15) is 16.8 Å². The van der Waals surface area contributed by atoms with Gasteiger partial charge in [0.05, 0.1) is 12.2 Å². The number of aldehydes is 1. The number of hydrogen-bond donors (Lipinski definition) is 0. The first kappa shape index (κ1) is 12.7. The molecule has 98 valence electrons. The second kappa shape index (κ2) is 5.73. The number of carbonyl (C=O) groups excluding carboxylic acids is 1. The van der Waals surface area contributed by atoms with Crippen LogP contribution in [0.5, 0.6) is 17.2 Å². The fourth-order valence-electron chi connectivity index (χ4n) is 1.72. The van der Waals surface area contributed by atoms with Crippen LogP contribution in [0.25, 0.3) is 0 Å². The second-order valence-electron chi connectivity index (χ2n) is 4.37. The van der Waals surface area contributed by atoms with Gasteiger partial charge in [0.25, 0.3) is 0 Å². The Balaban J connectivity index is 2.00. The van der Waals surface area contributed by atoms with Crippen LogP contribution in [-0.2, 0) is 0 Å². The van der Waals surface area contributed by atoms with E-state index in [4.69, 9.17) is 14.2 Å². The summed E-state index contributed by atoms with van der Waals surface area (Å²) in [5.41, 5.74) is 0.490. The lowest BCUT2D eigenvalue weighted by Crippen LogP contribution is -2.15. The molecule has 18 heavy (non-hydrogen) atoms. The molecule has 0 spiro atoms. The predicted octanol–water partition coefficient (Wildman–Crippen LogP) is 1.56. The van der Waals surface area contributed by atoms with Crippen LogP contribution in [0, 0.1) is 0 Å². The maximum Gasteiger partial charge on any atom is 0.231 e. The molecule has 0 bridgehead atoms. The lowest BCUT2D eigenvalue weighted by molar-refractivity contribution is 0.111. The molecule has 0 saturated heterocycles. The molecule has 2 rings (SSSR count). The second-order valence-corrected chi connectivity index (χ2v) is 4.37. The van der Waals surface area contributed by atoms with Crippen molar-refractivity contribution in [3.63, 3.8) is 0 Å². The van der Waals surface area contributed by atoms with Crippen LogP contribution in [0.4, 0.5) is 0 Å². The molecule has 0 radical (unpaired) electrons. The summed E-state index contributed by atoms with van der Waals surface area (Å²) in [6.07, 6.45) is 1.67. The normalized spacial score (nSPS) is 12.8. The predicted molar refractivity (Wildman–Crippen MR) is 66.6 cm³/mol. The molecule has 1 aromatic rings. The molecule has 1 heterocycles. The van der Waals surface area contributed by atoms with Crippen LogP contribution in [0.15, 0.2) is 12.1 Å². The van der Waals surface area contributed by atoms with Gasteiger partial charge in [0.1, 0.15) is 5.75 Å². The molecular formula is C13H17NO4. The number of rotatable bonds is 6. The quantitative estimate of drug-likeness (QED) is 0.567. The molecule has 1 aliphatic heterocycles. The third kappa shape index (κ3) is 2.92. The Morgan fingerprint density at radius 1 is 1.33 bits per heavy atom. The van der Waals surface area contributed by atoms with Crippen molar-refractivity contribution < 1.29 is 19.0 Å². The molecular weight excluding hydrogens is 234 g/mol. The van der Waals surface area contributed by atoms with Gasteiger partial charge in [0, 0.05) is 12.6 Å². The highest BCUT2D eigenvalue weighted by molar-refractivity contribution is 5.81. The molecule has 5 nitrogen and oxygen atoms in total. The zero-order valence-electron chi connectivity index (χ0n) is 10.6. The van der Waals surface area contributed by atoms with Gasteiger partial charge in [0.2, 0.25) is 6.79 Å². The topological polar surface area (TPSA) is 48.0 Å². The van der Waals surface area contributed by atoms with Crippen molar-refractivity contribution in [2.45, 2.75) is 6.42 Å². The summed E-state index contributed by atoms with van der Waals surface area (Å²) in [5, 5.41) is 0. The zero-order valence-corrected chi connectivity index (χ0v) is 10.6. The molecule has 0 fully saturated rings. The summed E-state index contributed by atoms with van der Waals surface area (Å²) in [5.74, 6) is 1.77. The summed E-state index contributed by atoms with van der Waals surface area (Å²) in [4.78, 5) is 13.1. The van der Waals surface area contributed by atoms with E-state index in [9.17, 15) is 4.79 Å². The molecule has 0 atom stereocenters. The van der Waals surface area contributed by atoms with Crippen LogP contribution >= 0.6 is 0 Å². The first-order valence-electron chi connectivity index (χ1n) is 5.87. The SMILES string of the molecule is CN(C)CCCOc1cc2c(cc1C=O)OCO2. The van der Waals surface area contributed by atoms with Crippen LogP contribution in [-0.4, -0.2) is 45.2 Å². The van der Waals surface area contributed by atoms with E-state index in [0.29, 0.717) is 29.4 Å². The van der Waals surface area contributed by atoms with Crippen LogP contribution in [0.3, 0.4) is 0 Å². The number of carbonyl (C=O) groups is 1. The standard InChI is InChI=1S/C13H17NO4/c1-14(2)4-3-5-16-11-7-13-12(17-9-18-13)6-10(11)8-15/h6-8H,3-5,9H2,1-2H3. The summed E-state index contributed by atoms with van der Waals surface area (Å²) >= 11 is 0. The Hall–Kier alpha value is -1.75. The Labute approximate surface area is 106 Å². The Kier molecular flexibility index (Phi) is 4.04. The van der Waals surface area contributed by atoms with Crippen molar-refractivity contribution in [1.29, 1.82) is 0 Å². The average Bonchev–Trinajstić information content (AvgIpc) is 2.80. The Morgan fingerprint density at radius 3 is 2.72 bits per heavy atom. The molecule has 0 aliphatic carbocycles. The Bertz CT molecular complexity index is 431. The molecule has 1 aliphatic rings. The summed E-state index contributed by atoms with van der Waals surface area (Å²) in [6, 6.07) is 3.36. The van der Waals surface area contributed by atoms with E-state index in [0.717, 1.165) is 19.3 Å². The minimum Gasteiger partial charge on any atom is -0.493 e. The van der Waals surface area contributed by atoms with E-state index in [-0.39, 0.29) is 6.79 Å². The van der Waals surface area contributed by atoms with Gasteiger partial charge in [-0.3, -0.25) is 4.79 Å². The summed E-state index contributed by atoms with van der Waals surface area (Å²) < 4.78 is 16.1. The molecule has 0 aromatic heterocycles. The average molecular weight is 251 g/mol. The summed E-state index contributed by atoms with van der Waals surface area (Å²) in [7, 11) is 4.02. The number of ether oxygens (including phenoxy) is 3. The van der Waals surface area contributed by atoms with Crippen molar-refractivity contribution in [3.8, 4) is 17.2 Å². The van der Waals surface area contributed by atoms with E-state index in [1.54, 1.807) is 12.1 Å². The van der Waals surface area contributed by atoms with Gasteiger partial charge >= 0.3 is 0 Å². The van der Waals surface area contributed by atoms with Gasteiger partial charge in [-0.05, 0) is 26.6 Å². The van der Waals surface area contributed by atoms with Crippen molar-refractivity contribution in [1.82, 2.24) is 4.90 Å². The third-order valence-corrected chi connectivity index (χ3v) is 2.64. The molecule has 0 saturated carbocycles. The number of hydrogen-bond acceptors (Lipinski definition) is 5. The van der Waals surface area contributed by atoms with Crippen molar-refractivity contribution in [2.75, 3.05) is 34.0 Å². The van der Waals surface area contributed by atoms with E-state index >= 15 is 0 Å². The lowest BCUT2D eigenvalue weighted by Gasteiger charge is -2.12. The first-order chi connectivity index (χ1) is 8.70. The zero-order chi connectivity index (χ0) is 13.0. The van der Waals surface area contributed by atoms with Gasteiger partial charge in [0.15, 0.2) is 17.8 Å². The maximum atomic E-state index is 11.0. The monoisotopic (exact) mass is 251 g/mol. The van der Waals surface area contributed by atoms with Crippen molar-refractivity contribution >= 4 is 6.29 Å². The highest BCUT2D eigenvalue weighted by atomic mass is 16.7. The third-order valence-electron chi connectivity index (χ3n) is 2.64. The minimum atomic E-state index is 0.192. The minimum absolute atomic E-state index is 0.192. The molecule has 0 amide bonds. The van der Waals surface area contributed by atoms with Crippen molar-refractivity contribution in [3.05, 3.63) is 17.7 Å². The van der Waals surface area contributed by atoms with Gasteiger partial charge in [-0.25, -0.2) is 0 Å². The Morgan fingerprint density at radius 2 is 2.06 bits per heavy atom. The van der Waals surface area contributed by atoms with E-state index in [2.05, 4.69) is 4.90 Å². The van der Waals surface area contributed by atoms with Crippen LogP contribution in [0.2, 0.25) is 0 Å². The number of fused-ring (bicyclic) bond motifs is 1. The molecule has 0 N–H and O–H groups in total. The lowest BCUT2D eigenvalue weighted by atomic mass is 10.2. The van der Waals surface area contributed by atoms with E-state index < -0.39 is 0 Å². The highest BCUT2D eigenvalue weighted by Gasteiger charge is 2.17. The molecule has 1 aromatic carbocycles. The maximum absolute atomic E-state index is 11.0. The van der Waals surface area contributed by atoms with Gasteiger partial charge in [-0.1, -0.05) is 0 Å². The first-order valence-corrected chi connectivity index (χ1v) is 5.87. The largest absolute Gasteiger partial charge is 0.493 e. The number of nitrogens with zero attached hydrogens (tertiary/aromatic N) is 1. The molecule has 5 heteroatoms. The van der Waals surface area contributed by atoms with E-state index in [1.165, 1.54) is 0 Å². The van der Waals surface area contributed by atoms with Gasteiger partial charge < -0.3 is 19.1 Å². The van der Waals surface area contributed by atoms with Crippen molar-refractivity contribution in [2.24, 2.45) is 0 Å². The fourth-order valence-corrected chi connectivity index (χ4v) is 1.72. The van der Waals surface area contributed by atoms with Gasteiger partial charge in [-0.15, -0.1) is 0 Å². The number of benzene rings is 1. The van der Waals surface area contributed by atoms with E-state index in [1.807, 2.05) is 14.1 Å². The molecule has 0 unspecified atom stereocenters. The smallest absolute Gasteiger partial charge is 0.231 e. The van der Waals surface area contributed by atoms with Crippen LogP contribution < -0.4 is 14.2 Å². The summed E-state index contributed by atoms with van der Waals surface area (Å²) in [6.45, 7) is 1.71. The fraction of sp³-hybridized carbons (Fsp3) is 0.462. The van der Waals surface area contributed by atoms with Gasteiger partial charge in [-0.2, -0.15) is 0 Å².